The molecule has 1 saturated carbocycles. The fraction of sp³-hybridized carbons (Fsp3) is 0.357. The molecule has 16 heavy (non-hydrogen) atoms. The van der Waals surface area contributed by atoms with E-state index in [4.69, 9.17) is 0 Å². The van der Waals surface area contributed by atoms with E-state index in [-0.39, 0.29) is 0 Å². The number of rotatable bonds is 1. The van der Waals surface area contributed by atoms with E-state index in [9.17, 15) is 0 Å². The molecule has 0 N–H and O–H groups in total. The van der Waals surface area contributed by atoms with Gasteiger partial charge in [-0.05, 0) is 24.1 Å². The van der Waals surface area contributed by atoms with Crippen LogP contribution in [0.3, 0.4) is 0 Å². The van der Waals surface area contributed by atoms with Gasteiger partial charge in [-0.1, -0.05) is 26.0 Å². The molecule has 0 spiro atoms. The van der Waals surface area contributed by atoms with E-state index in [1.165, 1.54) is 36.6 Å². The van der Waals surface area contributed by atoms with Crippen LogP contribution in [0.4, 0.5) is 0 Å². The predicted molar refractivity (Wildman–Crippen MR) is 67.5 cm³/mol. The summed E-state index contributed by atoms with van der Waals surface area (Å²) >= 11 is 0. The lowest BCUT2D eigenvalue weighted by Gasteiger charge is -2.13. The average Bonchev–Trinajstić information content (AvgIpc) is 2.89. The summed E-state index contributed by atoms with van der Waals surface area (Å²) in [6.07, 6.45) is 8.96. The molecular weight excluding hydrogens is 196 g/mol. The smallest absolute Gasteiger partial charge is 0.0680 e. The van der Waals surface area contributed by atoms with Gasteiger partial charge in [-0.25, -0.2) is 0 Å². The Morgan fingerprint density at radius 3 is 2.75 bits per heavy atom. The van der Waals surface area contributed by atoms with Crippen LogP contribution < -0.4 is 10.6 Å². The lowest BCUT2D eigenvalue weighted by atomic mass is 10.2. The largest absolute Gasteiger partial charge is 0.337 e. The molecule has 1 fully saturated rings. The summed E-state index contributed by atoms with van der Waals surface area (Å²) in [5.41, 5.74) is 1.20. The van der Waals surface area contributed by atoms with Crippen molar-refractivity contribution >= 4 is 24.1 Å². The fourth-order valence-electron chi connectivity index (χ4n) is 2.86. The summed E-state index contributed by atoms with van der Waals surface area (Å²) in [6.45, 7) is 8.30. The minimum atomic E-state index is 0.606. The predicted octanol–water partition coefficient (Wildman–Crippen LogP) is 1.97. The highest BCUT2D eigenvalue weighted by atomic mass is 15.0. The second-order valence-corrected chi connectivity index (χ2v) is 4.63. The average molecular weight is 212 g/mol. The Kier molecular flexibility index (Phi) is 2.10. The van der Waals surface area contributed by atoms with Crippen molar-refractivity contribution in [3.05, 3.63) is 29.0 Å². The van der Waals surface area contributed by atoms with Crippen LogP contribution in [-0.4, -0.2) is 9.55 Å². The van der Waals surface area contributed by atoms with Gasteiger partial charge in [0.05, 0.1) is 11.7 Å². The van der Waals surface area contributed by atoms with Crippen LogP contribution in [0.1, 0.15) is 31.7 Å². The molecule has 2 heteroatoms. The van der Waals surface area contributed by atoms with E-state index in [1.54, 1.807) is 0 Å². The minimum absolute atomic E-state index is 0.606. The first-order valence-electron chi connectivity index (χ1n) is 5.91. The van der Waals surface area contributed by atoms with Crippen molar-refractivity contribution in [2.24, 2.45) is 0 Å². The first-order chi connectivity index (χ1) is 7.79. The van der Waals surface area contributed by atoms with Gasteiger partial charge >= 0.3 is 0 Å². The number of aromatic nitrogens is 2. The summed E-state index contributed by atoms with van der Waals surface area (Å²) in [5.74, 6) is 0. The molecule has 2 heterocycles. The minimum Gasteiger partial charge on any atom is -0.337 e. The van der Waals surface area contributed by atoms with Gasteiger partial charge in [0, 0.05) is 23.0 Å². The monoisotopic (exact) mass is 212 g/mol. The molecule has 0 saturated heterocycles. The van der Waals surface area contributed by atoms with Crippen LogP contribution in [0.2, 0.25) is 0 Å². The number of fused-ring (bicyclic) bond motifs is 1. The molecule has 0 bridgehead atoms. The Morgan fingerprint density at radius 2 is 2.00 bits per heavy atom. The van der Waals surface area contributed by atoms with E-state index in [1.807, 2.05) is 18.5 Å². The van der Waals surface area contributed by atoms with Crippen LogP contribution in [0.5, 0.6) is 0 Å². The topological polar surface area (TPSA) is 17.8 Å². The zero-order valence-electron chi connectivity index (χ0n) is 9.45. The van der Waals surface area contributed by atoms with E-state index >= 15 is 0 Å². The molecule has 0 aliphatic heterocycles. The molecule has 0 radical (unpaired) electrons. The van der Waals surface area contributed by atoms with Gasteiger partial charge in [-0.3, -0.25) is 4.98 Å². The highest BCUT2D eigenvalue weighted by Gasteiger charge is 2.19. The third kappa shape index (κ3) is 1.22. The zero-order chi connectivity index (χ0) is 11.1. The number of hydrogen-bond donors (Lipinski definition) is 0. The Balaban J connectivity index is 2.34. The molecule has 0 aromatic carbocycles. The second-order valence-electron chi connectivity index (χ2n) is 4.63. The van der Waals surface area contributed by atoms with Gasteiger partial charge < -0.3 is 4.57 Å². The van der Waals surface area contributed by atoms with Crippen molar-refractivity contribution in [2.45, 2.75) is 31.7 Å². The third-order valence-electron chi connectivity index (χ3n) is 3.71. The van der Waals surface area contributed by atoms with Crippen LogP contribution in [0, 0.1) is 0 Å². The van der Waals surface area contributed by atoms with Crippen LogP contribution in [0.15, 0.2) is 18.5 Å². The van der Waals surface area contributed by atoms with E-state index in [0.29, 0.717) is 6.04 Å². The maximum Gasteiger partial charge on any atom is 0.0680 e. The second kappa shape index (κ2) is 3.48. The van der Waals surface area contributed by atoms with Gasteiger partial charge in [-0.15, -0.1) is 0 Å². The summed E-state index contributed by atoms with van der Waals surface area (Å²) in [4.78, 5) is 4.22. The first kappa shape index (κ1) is 9.64. The summed E-state index contributed by atoms with van der Waals surface area (Å²) in [7, 11) is 0. The van der Waals surface area contributed by atoms with Gasteiger partial charge in [0.1, 0.15) is 0 Å². The Morgan fingerprint density at radius 1 is 1.25 bits per heavy atom. The number of nitrogens with zero attached hydrogens (tertiary/aromatic N) is 2. The molecule has 82 valence electrons. The summed E-state index contributed by atoms with van der Waals surface area (Å²) in [5, 5.41) is 3.33. The van der Waals surface area contributed by atoms with E-state index in [0.717, 1.165) is 10.6 Å². The SMILES string of the molecule is C=c1c(=C)n(C2CCCC2)c2cnccc12. The third-order valence-corrected chi connectivity index (χ3v) is 3.71. The lowest BCUT2D eigenvalue weighted by molar-refractivity contribution is 0.524. The zero-order valence-corrected chi connectivity index (χ0v) is 9.45. The molecule has 0 atom stereocenters. The highest BCUT2D eigenvalue weighted by molar-refractivity contribution is 5.80. The van der Waals surface area contributed by atoms with Gasteiger partial charge in [0.2, 0.25) is 0 Å². The van der Waals surface area contributed by atoms with Crippen molar-refractivity contribution in [1.29, 1.82) is 0 Å². The maximum absolute atomic E-state index is 4.22. The van der Waals surface area contributed by atoms with Crippen molar-refractivity contribution in [3.8, 4) is 0 Å². The van der Waals surface area contributed by atoms with Crippen molar-refractivity contribution in [1.82, 2.24) is 9.55 Å². The first-order valence-corrected chi connectivity index (χ1v) is 5.91. The lowest BCUT2D eigenvalue weighted by Crippen LogP contribution is -2.28. The van der Waals surface area contributed by atoms with Crippen LogP contribution in [0.25, 0.3) is 24.1 Å². The Bertz CT molecular complexity index is 618. The molecule has 3 rings (SSSR count). The molecular formula is C14H16N2. The Hall–Kier alpha value is -1.57. The fourth-order valence-corrected chi connectivity index (χ4v) is 2.86. The van der Waals surface area contributed by atoms with Gasteiger partial charge in [0.25, 0.3) is 0 Å². The molecule has 0 unspecified atom stereocenters. The maximum atomic E-state index is 4.22. The van der Waals surface area contributed by atoms with Crippen LogP contribution >= 0.6 is 0 Å². The molecule has 2 aromatic heterocycles. The van der Waals surface area contributed by atoms with E-state index < -0.39 is 0 Å². The molecule has 1 aliphatic carbocycles. The van der Waals surface area contributed by atoms with E-state index in [2.05, 4.69) is 22.7 Å². The molecule has 0 amide bonds. The number of pyridine rings is 1. The van der Waals surface area contributed by atoms with Gasteiger partial charge in [0.15, 0.2) is 0 Å². The summed E-state index contributed by atoms with van der Waals surface area (Å²) < 4.78 is 2.34. The number of hydrogen-bond acceptors (Lipinski definition) is 1. The van der Waals surface area contributed by atoms with Crippen LogP contribution in [-0.2, 0) is 0 Å². The highest BCUT2D eigenvalue weighted by Crippen LogP contribution is 2.29. The van der Waals surface area contributed by atoms with Crippen molar-refractivity contribution in [2.75, 3.05) is 0 Å². The molecule has 2 aromatic rings. The molecule has 2 nitrogen and oxygen atoms in total. The Labute approximate surface area is 94.9 Å². The van der Waals surface area contributed by atoms with Crippen molar-refractivity contribution < 1.29 is 0 Å². The standard InChI is InChI=1S/C14H16N2/c1-10-11(2)16(12-5-3-4-6-12)14-9-15-8-7-13(10)14/h7-9,12H,1-6H2. The molecule has 1 aliphatic rings. The normalized spacial score (nSPS) is 17.2. The quantitative estimate of drug-likeness (QED) is 0.706. The van der Waals surface area contributed by atoms with Gasteiger partial charge in [-0.2, -0.15) is 0 Å². The van der Waals surface area contributed by atoms with Crippen molar-refractivity contribution in [3.63, 3.8) is 0 Å². The summed E-state index contributed by atoms with van der Waals surface area (Å²) in [6, 6.07) is 2.65.